The van der Waals surface area contributed by atoms with Gasteiger partial charge in [0.05, 0.1) is 11.9 Å². The van der Waals surface area contributed by atoms with E-state index >= 15 is 0 Å². The maximum atomic E-state index is 11.2. The van der Waals surface area contributed by atoms with Gasteiger partial charge in [-0.3, -0.25) is 4.79 Å². The first-order valence-corrected chi connectivity index (χ1v) is 4.70. The molecule has 2 aromatic heterocycles. The van der Waals surface area contributed by atoms with Crippen LogP contribution in [0.5, 0.6) is 0 Å². The molecule has 3 N–H and O–H groups in total. The van der Waals surface area contributed by atoms with Crippen LogP contribution in [-0.2, 0) is 0 Å². The summed E-state index contributed by atoms with van der Waals surface area (Å²) in [6.07, 6.45) is 3.29. The van der Waals surface area contributed by atoms with Gasteiger partial charge in [0.1, 0.15) is 11.5 Å². The van der Waals surface area contributed by atoms with Crippen LogP contribution < -0.4 is 11.1 Å². The van der Waals surface area contributed by atoms with Gasteiger partial charge >= 0.3 is 0 Å². The molecule has 0 atom stereocenters. The minimum Gasteiger partial charge on any atom is -0.382 e. The number of nitrogens with two attached hydrogens (primary N) is 1. The Labute approximate surface area is 92.1 Å². The van der Waals surface area contributed by atoms with E-state index in [1.165, 1.54) is 0 Å². The topological polar surface area (TPSA) is 85.8 Å². The monoisotopic (exact) mass is 217 g/mol. The van der Waals surface area contributed by atoms with Crippen LogP contribution in [0.3, 0.4) is 0 Å². The van der Waals surface area contributed by atoms with Crippen molar-refractivity contribution >= 4 is 11.7 Å². The van der Waals surface area contributed by atoms with Crippen LogP contribution in [0.15, 0.2) is 30.6 Å². The number of aromatic nitrogens is 3. The van der Waals surface area contributed by atoms with E-state index in [0.29, 0.717) is 11.5 Å². The van der Waals surface area contributed by atoms with Gasteiger partial charge in [0.2, 0.25) is 0 Å². The van der Waals surface area contributed by atoms with E-state index in [-0.39, 0.29) is 5.91 Å². The van der Waals surface area contributed by atoms with Crippen LogP contribution in [0.25, 0.3) is 5.69 Å². The Morgan fingerprint density at radius 1 is 1.44 bits per heavy atom. The number of rotatable bonds is 2. The Morgan fingerprint density at radius 2 is 2.25 bits per heavy atom. The van der Waals surface area contributed by atoms with Crippen LogP contribution in [-0.4, -0.2) is 27.7 Å². The Balaban J connectivity index is 2.29. The van der Waals surface area contributed by atoms with Gasteiger partial charge in [-0.25, -0.2) is 9.67 Å². The molecule has 6 heteroatoms. The predicted molar refractivity (Wildman–Crippen MR) is 59.2 cm³/mol. The first-order valence-electron chi connectivity index (χ1n) is 4.70. The first-order chi connectivity index (χ1) is 7.70. The fourth-order valence-corrected chi connectivity index (χ4v) is 1.27. The van der Waals surface area contributed by atoms with Crippen LogP contribution in [0.2, 0.25) is 0 Å². The molecule has 6 nitrogen and oxygen atoms in total. The van der Waals surface area contributed by atoms with Gasteiger partial charge in [0, 0.05) is 19.3 Å². The van der Waals surface area contributed by atoms with E-state index in [9.17, 15) is 4.79 Å². The van der Waals surface area contributed by atoms with E-state index in [4.69, 9.17) is 5.73 Å². The molecule has 0 radical (unpaired) electrons. The highest BCUT2D eigenvalue weighted by Gasteiger charge is 2.05. The average molecular weight is 217 g/mol. The highest BCUT2D eigenvalue weighted by atomic mass is 16.1. The quantitative estimate of drug-likeness (QED) is 0.752. The van der Waals surface area contributed by atoms with Crippen molar-refractivity contribution in [1.29, 1.82) is 0 Å². The molecule has 0 aliphatic carbocycles. The van der Waals surface area contributed by atoms with Gasteiger partial charge in [-0.2, -0.15) is 5.10 Å². The lowest BCUT2D eigenvalue weighted by atomic mass is 10.3. The molecule has 0 saturated carbocycles. The first kappa shape index (κ1) is 10.2. The van der Waals surface area contributed by atoms with Gasteiger partial charge in [-0.1, -0.05) is 0 Å². The van der Waals surface area contributed by atoms with Crippen LogP contribution in [0.4, 0.5) is 5.82 Å². The van der Waals surface area contributed by atoms with Crippen molar-refractivity contribution in [2.24, 2.45) is 0 Å². The maximum Gasteiger partial charge on any atom is 0.269 e. The summed E-state index contributed by atoms with van der Waals surface area (Å²) in [5.74, 6) is 0.224. The molecule has 0 saturated heterocycles. The van der Waals surface area contributed by atoms with E-state index in [0.717, 1.165) is 5.69 Å². The Bertz CT molecular complexity index is 502. The zero-order chi connectivity index (χ0) is 11.5. The number of nitrogens with one attached hydrogen (secondary N) is 1. The van der Waals surface area contributed by atoms with Crippen molar-refractivity contribution in [3.05, 3.63) is 36.3 Å². The van der Waals surface area contributed by atoms with E-state index < -0.39 is 0 Å². The summed E-state index contributed by atoms with van der Waals surface area (Å²) < 4.78 is 1.59. The van der Waals surface area contributed by atoms with Crippen molar-refractivity contribution in [3.8, 4) is 5.69 Å². The minimum atomic E-state index is -0.216. The van der Waals surface area contributed by atoms with Gasteiger partial charge in [-0.05, 0) is 12.1 Å². The van der Waals surface area contributed by atoms with E-state index in [1.54, 1.807) is 42.3 Å². The molecule has 16 heavy (non-hydrogen) atoms. The largest absolute Gasteiger partial charge is 0.382 e. The summed E-state index contributed by atoms with van der Waals surface area (Å²) in [6, 6.07) is 5.07. The van der Waals surface area contributed by atoms with Gasteiger partial charge in [0.25, 0.3) is 5.91 Å². The number of anilines is 1. The second-order valence-electron chi connectivity index (χ2n) is 3.17. The molecule has 2 heterocycles. The van der Waals surface area contributed by atoms with E-state index in [1.807, 2.05) is 0 Å². The lowest BCUT2D eigenvalue weighted by molar-refractivity contribution is 0.0958. The smallest absolute Gasteiger partial charge is 0.269 e. The molecule has 0 aliphatic rings. The SMILES string of the molecule is CNC(=O)c1ccc(-n2ccc(N)n2)cn1. The number of carbonyl (C=O) groups is 1. The van der Waals surface area contributed by atoms with Crippen molar-refractivity contribution in [2.75, 3.05) is 12.8 Å². The van der Waals surface area contributed by atoms with Crippen molar-refractivity contribution in [1.82, 2.24) is 20.1 Å². The molecule has 0 bridgehead atoms. The summed E-state index contributed by atoms with van der Waals surface area (Å²) in [7, 11) is 1.56. The zero-order valence-electron chi connectivity index (χ0n) is 8.71. The Hall–Kier alpha value is -2.37. The van der Waals surface area contributed by atoms with Crippen LogP contribution >= 0.6 is 0 Å². The lowest BCUT2D eigenvalue weighted by Gasteiger charge is -2.02. The maximum absolute atomic E-state index is 11.2. The number of amides is 1. The summed E-state index contributed by atoms with van der Waals surface area (Å²) in [6.45, 7) is 0. The molecule has 0 fully saturated rings. The highest BCUT2D eigenvalue weighted by molar-refractivity contribution is 5.92. The fraction of sp³-hybridized carbons (Fsp3) is 0.100. The normalized spacial score (nSPS) is 10.1. The molecule has 1 amide bonds. The third kappa shape index (κ3) is 1.85. The zero-order valence-corrected chi connectivity index (χ0v) is 8.71. The van der Waals surface area contributed by atoms with Crippen molar-refractivity contribution in [2.45, 2.75) is 0 Å². The fourth-order valence-electron chi connectivity index (χ4n) is 1.27. The summed E-state index contributed by atoms with van der Waals surface area (Å²) in [4.78, 5) is 15.3. The third-order valence-electron chi connectivity index (χ3n) is 2.08. The van der Waals surface area contributed by atoms with Crippen molar-refractivity contribution < 1.29 is 4.79 Å². The highest BCUT2D eigenvalue weighted by Crippen LogP contribution is 2.07. The van der Waals surface area contributed by atoms with Gasteiger partial charge in [0.15, 0.2) is 0 Å². The van der Waals surface area contributed by atoms with Crippen LogP contribution in [0.1, 0.15) is 10.5 Å². The average Bonchev–Trinajstić information content (AvgIpc) is 2.75. The van der Waals surface area contributed by atoms with Gasteiger partial charge < -0.3 is 11.1 Å². The molecule has 82 valence electrons. The number of hydrogen-bond acceptors (Lipinski definition) is 4. The lowest BCUT2D eigenvalue weighted by Crippen LogP contribution is -2.19. The van der Waals surface area contributed by atoms with Crippen LogP contribution in [0, 0.1) is 0 Å². The number of nitrogens with zero attached hydrogens (tertiary/aromatic N) is 3. The number of hydrogen-bond donors (Lipinski definition) is 2. The molecule has 0 aliphatic heterocycles. The molecule has 2 aromatic rings. The second-order valence-corrected chi connectivity index (χ2v) is 3.17. The number of nitrogen functional groups attached to an aromatic ring is 1. The van der Waals surface area contributed by atoms with Crippen molar-refractivity contribution in [3.63, 3.8) is 0 Å². The molecular formula is C10H11N5O. The molecule has 2 rings (SSSR count). The second kappa shape index (κ2) is 4.01. The summed E-state index contributed by atoms with van der Waals surface area (Å²) in [5.41, 5.74) is 6.62. The number of carbonyl (C=O) groups excluding carboxylic acids is 1. The predicted octanol–water partition coefficient (Wildman–Crippen LogP) is 0.209. The van der Waals surface area contributed by atoms with E-state index in [2.05, 4.69) is 15.4 Å². The molecule has 0 aromatic carbocycles. The Morgan fingerprint density at radius 3 is 2.75 bits per heavy atom. The Kier molecular flexibility index (Phi) is 2.55. The molecule has 0 unspecified atom stereocenters. The standard InChI is InChI=1S/C10H11N5O/c1-12-10(16)8-3-2-7(6-13-8)15-5-4-9(11)14-15/h2-6H,1H3,(H2,11,14)(H,12,16). The number of pyridine rings is 1. The summed E-state index contributed by atoms with van der Waals surface area (Å²) >= 11 is 0. The minimum absolute atomic E-state index is 0.216. The summed E-state index contributed by atoms with van der Waals surface area (Å²) in [5, 5.41) is 6.53. The third-order valence-corrected chi connectivity index (χ3v) is 2.08. The molecular weight excluding hydrogens is 206 g/mol. The molecule has 0 spiro atoms. The van der Waals surface area contributed by atoms with Gasteiger partial charge in [-0.15, -0.1) is 0 Å².